The first kappa shape index (κ1) is 18.9. The summed E-state index contributed by atoms with van der Waals surface area (Å²) < 4.78 is 2.05. The summed E-state index contributed by atoms with van der Waals surface area (Å²) in [5.74, 6) is 2.69. The fourth-order valence-electron chi connectivity index (χ4n) is 3.75. The highest BCUT2D eigenvalue weighted by atomic mass is 15.2. The van der Waals surface area contributed by atoms with Crippen LogP contribution in [0.15, 0.2) is 103 Å². The van der Waals surface area contributed by atoms with Gasteiger partial charge in [-0.3, -0.25) is 10.2 Å². The van der Waals surface area contributed by atoms with E-state index in [0.717, 1.165) is 27.9 Å². The Morgan fingerprint density at radius 2 is 1.00 bits per heavy atom. The molecule has 6 rings (SSSR count). The monoisotopic (exact) mass is 429 g/mol. The van der Waals surface area contributed by atoms with Crippen LogP contribution in [0.25, 0.3) is 51.2 Å². The smallest absolute Gasteiger partial charge is 0.181 e. The lowest BCUT2D eigenvalue weighted by atomic mass is 10.1. The average Bonchev–Trinajstić information content (AvgIpc) is 3.67. The highest BCUT2D eigenvalue weighted by molar-refractivity contribution is 5.72. The van der Waals surface area contributed by atoms with E-state index in [0.29, 0.717) is 23.3 Å². The number of hydrogen-bond acceptors (Lipinski definition) is 4. The second-order valence-corrected chi connectivity index (χ2v) is 7.61. The standard InChI is InChI=1S/C26H19N7/c1-3-9-18(10-4-1)23-27-25(31-29-23)20-15-21(17-22(16-20)33-13-7-8-14-33)26-28-24(30-32-26)19-11-5-2-6-12-19/h1-17H,(H,27,29,31)(H,28,30,32). The van der Waals surface area contributed by atoms with E-state index >= 15 is 0 Å². The van der Waals surface area contributed by atoms with Crippen molar-refractivity contribution in [2.75, 3.05) is 0 Å². The minimum Gasteiger partial charge on any atom is -0.324 e. The first-order chi connectivity index (χ1) is 16.3. The van der Waals surface area contributed by atoms with Crippen molar-refractivity contribution in [3.8, 4) is 51.2 Å². The van der Waals surface area contributed by atoms with Crippen molar-refractivity contribution in [1.29, 1.82) is 0 Å². The summed E-state index contributed by atoms with van der Waals surface area (Å²) in [6.07, 6.45) is 4.02. The molecule has 0 bridgehead atoms. The predicted molar refractivity (Wildman–Crippen MR) is 127 cm³/mol. The van der Waals surface area contributed by atoms with Crippen LogP contribution in [0.1, 0.15) is 0 Å². The van der Waals surface area contributed by atoms with Crippen molar-refractivity contribution < 1.29 is 0 Å². The van der Waals surface area contributed by atoms with E-state index < -0.39 is 0 Å². The molecule has 0 aliphatic rings. The molecule has 0 fully saturated rings. The third-order valence-electron chi connectivity index (χ3n) is 5.40. The predicted octanol–water partition coefficient (Wildman–Crippen LogP) is 5.38. The largest absolute Gasteiger partial charge is 0.324 e. The second kappa shape index (κ2) is 8.05. The summed E-state index contributed by atoms with van der Waals surface area (Å²) in [6.45, 7) is 0. The Balaban J connectivity index is 1.44. The van der Waals surface area contributed by atoms with Gasteiger partial charge in [-0.25, -0.2) is 9.97 Å². The van der Waals surface area contributed by atoms with Gasteiger partial charge in [0.05, 0.1) is 0 Å². The molecule has 0 saturated heterocycles. The molecule has 0 radical (unpaired) electrons. The van der Waals surface area contributed by atoms with Crippen LogP contribution in [0.5, 0.6) is 0 Å². The van der Waals surface area contributed by atoms with E-state index in [-0.39, 0.29) is 0 Å². The zero-order chi connectivity index (χ0) is 22.0. The Bertz CT molecular complexity index is 1400. The minimum absolute atomic E-state index is 0.657. The molecule has 0 saturated carbocycles. The van der Waals surface area contributed by atoms with Crippen molar-refractivity contribution in [1.82, 2.24) is 34.9 Å². The number of aromatic nitrogens is 7. The maximum atomic E-state index is 4.74. The molecule has 3 aromatic carbocycles. The summed E-state index contributed by atoms with van der Waals surface area (Å²) in [4.78, 5) is 9.48. The van der Waals surface area contributed by atoms with Crippen molar-refractivity contribution in [2.24, 2.45) is 0 Å². The summed E-state index contributed by atoms with van der Waals surface area (Å²) in [5.41, 5.74) is 4.73. The third kappa shape index (κ3) is 3.72. The van der Waals surface area contributed by atoms with Gasteiger partial charge in [0.25, 0.3) is 0 Å². The SMILES string of the molecule is c1ccc(-c2n[nH]c(-c3cc(-c4nc(-c5ccccc5)n[nH]4)cc(-n4cccc4)c3)n2)cc1. The van der Waals surface area contributed by atoms with E-state index in [9.17, 15) is 0 Å². The van der Waals surface area contributed by atoms with E-state index in [2.05, 4.69) is 37.1 Å². The molecule has 2 N–H and O–H groups in total. The molecule has 0 spiro atoms. The number of nitrogens with one attached hydrogen (secondary N) is 2. The molecular weight excluding hydrogens is 410 g/mol. The molecule has 0 unspecified atom stereocenters. The van der Waals surface area contributed by atoms with Crippen LogP contribution in [0.4, 0.5) is 0 Å². The van der Waals surface area contributed by atoms with Gasteiger partial charge in [-0.1, -0.05) is 60.7 Å². The molecule has 158 valence electrons. The van der Waals surface area contributed by atoms with Gasteiger partial charge in [0.1, 0.15) is 0 Å². The zero-order valence-electron chi connectivity index (χ0n) is 17.6. The van der Waals surface area contributed by atoms with Crippen LogP contribution in [0, 0.1) is 0 Å². The lowest BCUT2D eigenvalue weighted by Crippen LogP contribution is -1.94. The second-order valence-electron chi connectivity index (χ2n) is 7.61. The van der Waals surface area contributed by atoms with Gasteiger partial charge in [0, 0.05) is 40.3 Å². The lowest BCUT2D eigenvalue weighted by Gasteiger charge is -2.08. The third-order valence-corrected chi connectivity index (χ3v) is 5.40. The summed E-state index contributed by atoms with van der Waals surface area (Å²) in [6, 6.07) is 30.0. The highest BCUT2D eigenvalue weighted by Crippen LogP contribution is 2.29. The maximum absolute atomic E-state index is 4.74. The van der Waals surface area contributed by atoms with Gasteiger partial charge in [-0.15, -0.1) is 0 Å². The fraction of sp³-hybridized carbons (Fsp3) is 0. The maximum Gasteiger partial charge on any atom is 0.181 e. The van der Waals surface area contributed by atoms with Crippen LogP contribution >= 0.6 is 0 Å². The number of H-pyrrole nitrogens is 2. The van der Waals surface area contributed by atoms with Gasteiger partial charge < -0.3 is 4.57 Å². The first-order valence-electron chi connectivity index (χ1n) is 10.6. The molecule has 0 amide bonds. The molecule has 0 aliphatic carbocycles. The van der Waals surface area contributed by atoms with Gasteiger partial charge in [-0.05, 0) is 30.3 Å². The molecule has 33 heavy (non-hydrogen) atoms. The van der Waals surface area contributed by atoms with Crippen LogP contribution in [0.2, 0.25) is 0 Å². The molecule has 6 aromatic rings. The van der Waals surface area contributed by atoms with Gasteiger partial charge >= 0.3 is 0 Å². The summed E-state index contributed by atoms with van der Waals surface area (Å²) in [7, 11) is 0. The van der Waals surface area contributed by atoms with Gasteiger partial charge in [0.2, 0.25) is 0 Å². The Morgan fingerprint density at radius 3 is 1.48 bits per heavy atom. The molecular formula is C26H19N7. The van der Waals surface area contributed by atoms with Crippen LogP contribution < -0.4 is 0 Å². The molecule has 3 aromatic heterocycles. The fourth-order valence-corrected chi connectivity index (χ4v) is 3.75. The van der Waals surface area contributed by atoms with E-state index in [4.69, 9.17) is 9.97 Å². The normalized spacial score (nSPS) is 11.0. The average molecular weight is 429 g/mol. The van der Waals surface area contributed by atoms with Crippen LogP contribution in [-0.2, 0) is 0 Å². The van der Waals surface area contributed by atoms with E-state index in [1.807, 2.05) is 91.3 Å². The number of aromatic amines is 2. The number of rotatable bonds is 5. The molecule has 3 heterocycles. The van der Waals surface area contributed by atoms with E-state index in [1.165, 1.54) is 0 Å². The van der Waals surface area contributed by atoms with Gasteiger partial charge in [-0.2, -0.15) is 10.2 Å². The molecule has 7 nitrogen and oxygen atoms in total. The lowest BCUT2D eigenvalue weighted by molar-refractivity contribution is 1.07. The Hall–Kier alpha value is -4.78. The Morgan fingerprint density at radius 1 is 0.515 bits per heavy atom. The molecule has 7 heteroatoms. The summed E-state index contributed by atoms with van der Waals surface area (Å²) >= 11 is 0. The first-order valence-corrected chi connectivity index (χ1v) is 10.6. The Kier molecular flexibility index (Phi) is 4.62. The zero-order valence-corrected chi connectivity index (χ0v) is 17.6. The van der Waals surface area contributed by atoms with Crippen LogP contribution in [0.3, 0.4) is 0 Å². The van der Waals surface area contributed by atoms with E-state index in [1.54, 1.807) is 0 Å². The van der Waals surface area contributed by atoms with Crippen LogP contribution in [-0.4, -0.2) is 34.9 Å². The highest BCUT2D eigenvalue weighted by Gasteiger charge is 2.14. The molecule has 0 aliphatic heterocycles. The minimum atomic E-state index is 0.657. The van der Waals surface area contributed by atoms with Crippen molar-refractivity contribution in [3.63, 3.8) is 0 Å². The van der Waals surface area contributed by atoms with Gasteiger partial charge in [0.15, 0.2) is 23.3 Å². The summed E-state index contributed by atoms with van der Waals surface area (Å²) in [5, 5.41) is 15.0. The number of benzene rings is 3. The number of nitrogens with zero attached hydrogens (tertiary/aromatic N) is 5. The Labute approximate surface area is 189 Å². The number of hydrogen-bond donors (Lipinski definition) is 2. The van der Waals surface area contributed by atoms with Crippen molar-refractivity contribution in [2.45, 2.75) is 0 Å². The topological polar surface area (TPSA) is 88.1 Å². The molecule has 0 atom stereocenters. The van der Waals surface area contributed by atoms with Crippen molar-refractivity contribution in [3.05, 3.63) is 103 Å². The quantitative estimate of drug-likeness (QED) is 0.385. The van der Waals surface area contributed by atoms with Crippen molar-refractivity contribution >= 4 is 0 Å².